The molecule has 21 heavy (non-hydrogen) atoms. The molecule has 0 aromatic carbocycles. The van der Waals surface area contributed by atoms with Gasteiger partial charge in [-0.05, 0) is 42.8 Å². The van der Waals surface area contributed by atoms with Gasteiger partial charge in [-0.25, -0.2) is 9.78 Å². The molecule has 0 amide bonds. The summed E-state index contributed by atoms with van der Waals surface area (Å²) in [6.07, 6.45) is 0.899. The predicted octanol–water partition coefficient (Wildman–Crippen LogP) is 2.55. The highest BCUT2D eigenvalue weighted by molar-refractivity contribution is 9.10. The Bertz CT molecular complexity index is 577. The van der Waals surface area contributed by atoms with Gasteiger partial charge in [0.1, 0.15) is 12.0 Å². The second-order valence-electron chi connectivity index (χ2n) is 5.23. The first-order chi connectivity index (χ1) is 9.64. The number of ether oxygens (including phenoxy) is 2. The van der Waals surface area contributed by atoms with Gasteiger partial charge in [0.2, 0.25) is 0 Å². The Labute approximate surface area is 131 Å². The molecular formula is C14H16BrNO5. The fourth-order valence-corrected chi connectivity index (χ4v) is 1.85. The minimum atomic E-state index is -0.741. The molecule has 0 saturated heterocycles. The topological polar surface area (TPSA) is 82.6 Å². The summed E-state index contributed by atoms with van der Waals surface area (Å²) in [4.78, 5) is 39.3. The molecule has 0 unspecified atom stereocenters. The Kier molecular flexibility index (Phi) is 5.60. The minimum Gasteiger partial charge on any atom is -0.464 e. The van der Waals surface area contributed by atoms with Crippen LogP contribution in [0.1, 0.15) is 48.0 Å². The molecule has 1 rings (SSSR count). The highest BCUT2D eigenvalue weighted by Gasteiger charge is 2.24. The number of nitrogens with zero attached hydrogens (tertiary/aromatic N) is 1. The first-order valence-electron chi connectivity index (χ1n) is 6.13. The zero-order valence-corrected chi connectivity index (χ0v) is 13.8. The molecule has 114 valence electrons. The Hall–Kier alpha value is -1.76. The quantitative estimate of drug-likeness (QED) is 0.467. The first kappa shape index (κ1) is 17.3. The van der Waals surface area contributed by atoms with E-state index < -0.39 is 29.7 Å². The minimum absolute atomic E-state index is 0.0158. The Morgan fingerprint density at radius 3 is 2.43 bits per heavy atom. The third-order valence-corrected chi connectivity index (χ3v) is 2.69. The molecule has 0 aliphatic rings. The Balaban J connectivity index is 2.99. The van der Waals surface area contributed by atoms with Gasteiger partial charge in [0.15, 0.2) is 11.5 Å². The zero-order valence-electron chi connectivity index (χ0n) is 12.2. The Morgan fingerprint density at radius 2 is 1.90 bits per heavy atom. The number of carbonyl (C=O) groups is 3. The standard InChI is InChI=1S/C14H16BrNO5/c1-14(2,3)21-11(18)6-10(17)9-5-8(15)7-16-12(9)13(19)20-4/h5,7H,6H2,1-4H3. The number of pyridine rings is 1. The second-order valence-corrected chi connectivity index (χ2v) is 6.14. The van der Waals surface area contributed by atoms with Crippen LogP contribution in [-0.4, -0.2) is 35.4 Å². The van der Waals surface area contributed by atoms with Crippen LogP contribution >= 0.6 is 15.9 Å². The lowest BCUT2D eigenvalue weighted by molar-refractivity contribution is -0.153. The van der Waals surface area contributed by atoms with E-state index in [-0.39, 0.29) is 11.3 Å². The molecule has 1 heterocycles. The fraction of sp³-hybridized carbons (Fsp3) is 0.429. The summed E-state index contributed by atoms with van der Waals surface area (Å²) in [6.45, 7) is 5.11. The maximum absolute atomic E-state index is 12.2. The van der Waals surface area contributed by atoms with Crippen molar-refractivity contribution in [1.29, 1.82) is 0 Å². The summed E-state index contributed by atoms with van der Waals surface area (Å²) in [5.41, 5.74) is -0.797. The lowest BCUT2D eigenvalue weighted by Gasteiger charge is -2.19. The zero-order chi connectivity index (χ0) is 16.2. The number of esters is 2. The summed E-state index contributed by atoms with van der Waals surface area (Å²) in [6, 6.07) is 1.42. The van der Waals surface area contributed by atoms with E-state index in [1.54, 1.807) is 20.8 Å². The first-order valence-corrected chi connectivity index (χ1v) is 6.92. The van der Waals surface area contributed by atoms with Crippen molar-refractivity contribution in [1.82, 2.24) is 4.98 Å². The van der Waals surface area contributed by atoms with Gasteiger partial charge < -0.3 is 9.47 Å². The van der Waals surface area contributed by atoms with E-state index in [0.717, 1.165) is 0 Å². The van der Waals surface area contributed by atoms with Gasteiger partial charge in [-0.3, -0.25) is 9.59 Å². The van der Waals surface area contributed by atoms with E-state index in [1.807, 2.05) is 0 Å². The fourth-order valence-electron chi connectivity index (χ4n) is 1.52. The molecule has 0 bridgehead atoms. The molecule has 0 N–H and O–H groups in total. The van der Waals surface area contributed by atoms with Crippen molar-refractivity contribution in [2.45, 2.75) is 32.8 Å². The number of hydrogen-bond acceptors (Lipinski definition) is 6. The largest absolute Gasteiger partial charge is 0.464 e. The summed E-state index contributed by atoms with van der Waals surface area (Å²) >= 11 is 3.17. The van der Waals surface area contributed by atoms with Gasteiger partial charge in [0.05, 0.1) is 12.7 Å². The molecule has 0 aliphatic carbocycles. The van der Waals surface area contributed by atoms with Crippen LogP contribution in [0.3, 0.4) is 0 Å². The smallest absolute Gasteiger partial charge is 0.357 e. The van der Waals surface area contributed by atoms with Crippen LogP contribution < -0.4 is 0 Å². The van der Waals surface area contributed by atoms with E-state index in [2.05, 4.69) is 25.7 Å². The Morgan fingerprint density at radius 1 is 1.29 bits per heavy atom. The third-order valence-electron chi connectivity index (χ3n) is 2.26. The van der Waals surface area contributed by atoms with Crippen molar-refractivity contribution in [3.05, 3.63) is 28.0 Å². The van der Waals surface area contributed by atoms with Crippen LogP contribution in [0.25, 0.3) is 0 Å². The maximum atomic E-state index is 12.2. The second kappa shape index (κ2) is 6.80. The number of carbonyl (C=O) groups excluding carboxylic acids is 3. The number of ketones is 1. The molecular weight excluding hydrogens is 342 g/mol. The lowest BCUT2D eigenvalue weighted by Crippen LogP contribution is -2.26. The highest BCUT2D eigenvalue weighted by Crippen LogP contribution is 2.18. The van der Waals surface area contributed by atoms with Crippen molar-refractivity contribution >= 4 is 33.7 Å². The van der Waals surface area contributed by atoms with Crippen molar-refractivity contribution in [3.8, 4) is 0 Å². The van der Waals surface area contributed by atoms with Gasteiger partial charge in [0, 0.05) is 10.7 Å². The molecule has 1 aromatic heterocycles. The molecule has 0 spiro atoms. The SMILES string of the molecule is COC(=O)c1ncc(Br)cc1C(=O)CC(=O)OC(C)(C)C. The van der Waals surface area contributed by atoms with Crippen LogP contribution in [0.15, 0.2) is 16.7 Å². The summed E-state index contributed by atoms with van der Waals surface area (Å²) in [7, 11) is 1.19. The number of rotatable bonds is 4. The summed E-state index contributed by atoms with van der Waals surface area (Å²) < 4.78 is 10.2. The van der Waals surface area contributed by atoms with Gasteiger partial charge in [0.25, 0.3) is 0 Å². The van der Waals surface area contributed by atoms with E-state index >= 15 is 0 Å². The molecule has 0 saturated carbocycles. The number of Topliss-reactive ketones (excluding diaryl/α,β-unsaturated/α-hetero) is 1. The van der Waals surface area contributed by atoms with Crippen molar-refractivity contribution in [2.75, 3.05) is 7.11 Å². The number of aromatic nitrogens is 1. The van der Waals surface area contributed by atoms with Crippen LogP contribution in [0.4, 0.5) is 0 Å². The van der Waals surface area contributed by atoms with Crippen LogP contribution in [0.5, 0.6) is 0 Å². The van der Waals surface area contributed by atoms with Crippen molar-refractivity contribution < 1.29 is 23.9 Å². The van der Waals surface area contributed by atoms with E-state index in [1.165, 1.54) is 19.4 Å². The van der Waals surface area contributed by atoms with Gasteiger partial charge in [-0.2, -0.15) is 0 Å². The maximum Gasteiger partial charge on any atom is 0.357 e. The van der Waals surface area contributed by atoms with Crippen molar-refractivity contribution in [3.63, 3.8) is 0 Å². The number of hydrogen-bond donors (Lipinski definition) is 0. The molecule has 7 heteroatoms. The van der Waals surface area contributed by atoms with Crippen LogP contribution in [0, 0.1) is 0 Å². The highest BCUT2D eigenvalue weighted by atomic mass is 79.9. The van der Waals surface area contributed by atoms with Crippen LogP contribution in [0.2, 0.25) is 0 Å². The molecule has 0 radical (unpaired) electrons. The molecule has 0 fully saturated rings. The summed E-state index contributed by atoms with van der Waals surface area (Å²) in [5.74, 6) is -1.96. The summed E-state index contributed by atoms with van der Waals surface area (Å²) in [5, 5.41) is 0. The average Bonchev–Trinajstić information content (AvgIpc) is 2.35. The van der Waals surface area contributed by atoms with Gasteiger partial charge >= 0.3 is 11.9 Å². The normalized spacial score (nSPS) is 10.9. The lowest BCUT2D eigenvalue weighted by atomic mass is 10.1. The third kappa shape index (κ3) is 5.26. The predicted molar refractivity (Wildman–Crippen MR) is 78.1 cm³/mol. The molecule has 0 aliphatic heterocycles. The van der Waals surface area contributed by atoms with Gasteiger partial charge in [-0.1, -0.05) is 0 Å². The van der Waals surface area contributed by atoms with E-state index in [4.69, 9.17) is 4.74 Å². The van der Waals surface area contributed by atoms with Gasteiger partial charge in [-0.15, -0.1) is 0 Å². The van der Waals surface area contributed by atoms with Crippen molar-refractivity contribution in [2.24, 2.45) is 0 Å². The average molecular weight is 358 g/mol. The van der Waals surface area contributed by atoms with E-state index in [0.29, 0.717) is 4.47 Å². The molecule has 0 atom stereocenters. The van der Waals surface area contributed by atoms with E-state index in [9.17, 15) is 14.4 Å². The molecule has 6 nitrogen and oxygen atoms in total. The number of halogens is 1. The monoisotopic (exact) mass is 357 g/mol. The molecule has 1 aromatic rings. The number of methoxy groups -OCH3 is 1. The van der Waals surface area contributed by atoms with Crippen LogP contribution in [-0.2, 0) is 14.3 Å².